The van der Waals surface area contributed by atoms with Crippen LogP contribution in [0.3, 0.4) is 0 Å². The van der Waals surface area contributed by atoms with Gasteiger partial charge in [0.05, 0.1) is 10.2 Å². The quantitative estimate of drug-likeness (QED) is 0.492. The van der Waals surface area contributed by atoms with E-state index < -0.39 is 0 Å². The Bertz CT molecular complexity index is 562. The van der Waals surface area contributed by atoms with Gasteiger partial charge in [-0.15, -0.1) is 11.3 Å². The molecule has 5 nitrogen and oxygen atoms in total. The predicted molar refractivity (Wildman–Crippen MR) is 64.4 cm³/mol. The minimum atomic E-state index is 0.208. The third-order valence-corrected chi connectivity index (χ3v) is 2.90. The highest BCUT2D eigenvalue weighted by Gasteiger charge is 2.09. The fourth-order valence-electron chi connectivity index (χ4n) is 1.23. The third-order valence-electron chi connectivity index (χ3n) is 1.89. The lowest BCUT2D eigenvalue weighted by Crippen LogP contribution is -1.95. The number of aromatic hydroxyl groups is 1. The van der Waals surface area contributed by atoms with Gasteiger partial charge in [0.15, 0.2) is 5.01 Å². The van der Waals surface area contributed by atoms with E-state index in [1.807, 2.05) is 0 Å². The largest absolute Gasteiger partial charge is 0.508 e. The van der Waals surface area contributed by atoms with Crippen molar-refractivity contribution in [3.8, 4) is 5.75 Å². The first-order chi connectivity index (χ1) is 7.74. The number of hydrogen-bond acceptors (Lipinski definition) is 5. The first-order valence-corrected chi connectivity index (χ1v) is 5.24. The van der Waals surface area contributed by atoms with E-state index >= 15 is 0 Å². The average molecular weight is 235 g/mol. The molecule has 1 N–H and O–H groups in total. The molecule has 2 rings (SSSR count). The van der Waals surface area contributed by atoms with Crippen molar-refractivity contribution < 1.29 is 9.94 Å². The zero-order chi connectivity index (χ0) is 11.5. The number of fused-ring (bicyclic) bond motifs is 1. The van der Waals surface area contributed by atoms with Gasteiger partial charge in [-0.1, -0.05) is 5.16 Å². The first-order valence-electron chi connectivity index (χ1n) is 4.42. The lowest BCUT2D eigenvalue weighted by Gasteiger charge is -1.91. The van der Waals surface area contributed by atoms with Crippen molar-refractivity contribution >= 4 is 34.1 Å². The first kappa shape index (κ1) is 10.6. The van der Waals surface area contributed by atoms with Crippen LogP contribution < -0.4 is 0 Å². The number of oxime groups is 1. The summed E-state index contributed by atoms with van der Waals surface area (Å²) in [6, 6.07) is 4.96. The van der Waals surface area contributed by atoms with Crippen LogP contribution in [0.25, 0.3) is 10.2 Å². The van der Waals surface area contributed by atoms with Crippen LogP contribution in [0.5, 0.6) is 5.75 Å². The number of rotatable bonds is 2. The van der Waals surface area contributed by atoms with Gasteiger partial charge in [-0.3, -0.25) is 0 Å². The summed E-state index contributed by atoms with van der Waals surface area (Å²) in [6.07, 6.45) is 0. The van der Waals surface area contributed by atoms with Crippen molar-refractivity contribution in [3.63, 3.8) is 0 Å². The van der Waals surface area contributed by atoms with E-state index in [0.29, 0.717) is 10.8 Å². The monoisotopic (exact) mass is 235 g/mol. The lowest BCUT2D eigenvalue weighted by molar-refractivity contribution is 0.213. The molecule has 0 fully saturated rings. The maximum absolute atomic E-state index is 9.33. The number of phenolic OH excluding ortho intramolecular Hbond substituents is 1. The number of benzene rings is 1. The molecule has 0 aliphatic carbocycles. The highest BCUT2D eigenvalue weighted by molar-refractivity contribution is 7.20. The Labute approximate surface area is 95.7 Å². The molecule has 6 heteroatoms. The SMILES string of the molecule is C=N/C(=N\OC)c1nc2ccc(O)cc2s1. The van der Waals surface area contributed by atoms with E-state index in [4.69, 9.17) is 0 Å². The smallest absolute Gasteiger partial charge is 0.227 e. The standard InChI is InChI=1S/C10H9N3O2S/c1-11-9(13-15-2)10-12-7-4-3-6(14)5-8(7)16-10/h3-5,14H,1H2,2H3/b13-9-. The highest BCUT2D eigenvalue weighted by Crippen LogP contribution is 2.26. The Morgan fingerprint density at radius 3 is 3.06 bits per heavy atom. The summed E-state index contributed by atoms with van der Waals surface area (Å²) in [5.74, 6) is 0.544. The molecule has 0 amide bonds. The average Bonchev–Trinajstić information content (AvgIpc) is 2.68. The van der Waals surface area contributed by atoms with Gasteiger partial charge in [-0.25, -0.2) is 9.98 Å². The Balaban J connectivity index is 2.54. The lowest BCUT2D eigenvalue weighted by atomic mass is 10.3. The molecule has 16 heavy (non-hydrogen) atoms. The number of thiazole rings is 1. The minimum Gasteiger partial charge on any atom is -0.508 e. The molecule has 0 atom stereocenters. The number of amidine groups is 1. The molecule has 82 valence electrons. The topological polar surface area (TPSA) is 67.1 Å². The molecule has 1 aromatic heterocycles. The minimum absolute atomic E-state index is 0.208. The van der Waals surface area contributed by atoms with Gasteiger partial charge in [0.2, 0.25) is 5.84 Å². The fraction of sp³-hybridized carbons (Fsp3) is 0.100. The van der Waals surface area contributed by atoms with Crippen molar-refractivity contribution in [2.45, 2.75) is 0 Å². The second kappa shape index (κ2) is 4.28. The summed E-state index contributed by atoms with van der Waals surface area (Å²) in [6.45, 7) is 3.40. The van der Waals surface area contributed by atoms with Crippen LogP contribution >= 0.6 is 11.3 Å². The number of nitrogens with zero attached hydrogens (tertiary/aromatic N) is 3. The second-order valence-electron chi connectivity index (χ2n) is 2.93. The molecule has 0 bridgehead atoms. The zero-order valence-corrected chi connectivity index (χ0v) is 9.36. The maximum Gasteiger partial charge on any atom is 0.227 e. The van der Waals surface area contributed by atoms with Gasteiger partial charge in [0.1, 0.15) is 12.9 Å². The normalized spacial score (nSPS) is 11.7. The number of aliphatic imine (C=N–C) groups is 1. The molecule has 1 heterocycles. The molecule has 2 aromatic rings. The van der Waals surface area contributed by atoms with Crippen molar-refractivity contribution in [1.29, 1.82) is 0 Å². The molecule has 0 radical (unpaired) electrons. The Morgan fingerprint density at radius 2 is 2.38 bits per heavy atom. The van der Waals surface area contributed by atoms with E-state index in [0.717, 1.165) is 10.2 Å². The molecule has 0 aliphatic heterocycles. The van der Waals surface area contributed by atoms with Gasteiger partial charge in [0.25, 0.3) is 0 Å². The van der Waals surface area contributed by atoms with Crippen LogP contribution in [0.4, 0.5) is 0 Å². The molecular formula is C10H9N3O2S. The van der Waals surface area contributed by atoms with Crippen molar-refractivity contribution in [2.24, 2.45) is 10.1 Å². The van der Waals surface area contributed by atoms with Crippen LogP contribution in [-0.2, 0) is 4.84 Å². The van der Waals surface area contributed by atoms with Gasteiger partial charge >= 0.3 is 0 Å². The van der Waals surface area contributed by atoms with E-state index in [2.05, 4.69) is 26.7 Å². The Kier molecular flexibility index (Phi) is 2.82. The second-order valence-corrected chi connectivity index (χ2v) is 3.96. The zero-order valence-electron chi connectivity index (χ0n) is 8.54. The summed E-state index contributed by atoms with van der Waals surface area (Å²) in [4.78, 5) is 12.7. The molecule has 0 aliphatic rings. The molecule has 1 aromatic carbocycles. The summed E-state index contributed by atoms with van der Waals surface area (Å²) >= 11 is 1.37. The van der Waals surface area contributed by atoms with Gasteiger partial charge in [-0.2, -0.15) is 0 Å². The van der Waals surface area contributed by atoms with Crippen LogP contribution in [0.1, 0.15) is 5.01 Å². The van der Waals surface area contributed by atoms with E-state index in [1.54, 1.807) is 18.2 Å². The van der Waals surface area contributed by atoms with Gasteiger partial charge in [-0.05, 0) is 24.9 Å². The van der Waals surface area contributed by atoms with Crippen molar-refractivity contribution in [3.05, 3.63) is 23.2 Å². The molecule has 0 saturated carbocycles. The molecule has 0 saturated heterocycles. The Hall–Kier alpha value is -1.95. The molecular weight excluding hydrogens is 226 g/mol. The van der Waals surface area contributed by atoms with Gasteiger partial charge in [0, 0.05) is 0 Å². The fourth-order valence-corrected chi connectivity index (χ4v) is 2.17. The number of phenols is 1. The number of hydrogen-bond donors (Lipinski definition) is 1. The molecule has 0 unspecified atom stereocenters. The molecule has 0 spiro atoms. The highest BCUT2D eigenvalue weighted by atomic mass is 32.1. The van der Waals surface area contributed by atoms with Crippen molar-refractivity contribution in [2.75, 3.05) is 7.11 Å². The summed E-state index contributed by atoms with van der Waals surface area (Å²) in [7, 11) is 1.43. The van der Waals surface area contributed by atoms with E-state index in [9.17, 15) is 5.11 Å². The van der Waals surface area contributed by atoms with Crippen LogP contribution in [-0.4, -0.2) is 29.8 Å². The summed E-state index contributed by atoms with van der Waals surface area (Å²) in [5, 5.41) is 13.6. The number of aromatic nitrogens is 1. The van der Waals surface area contributed by atoms with Crippen molar-refractivity contribution in [1.82, 2.24) is 4.98 Å². The maximum atomic E-state index is 9.33. The van der Waals surface area contributed by atoms with Crippen LogP contribution in [0.2, 0.25) is 0 Å². The van der Waals surface area contributed by atoms with E-state index in [1.165, 1.54) is 18.4 Å². The summed E-state index contributed by atoms with van der Waals surface area (Å²) in [5.41, 5.74) is 0.783. The predicted octanol–water partition coefficient (Wildman–Crippen LogP) is 2.01. The van der Waals surface area contributed by atoms with Gasteiger partial charge < -0.3 is 9.94 Å². The van der Waals surface area contributed by atoms with Crippen LogP contribution in [0, 0.1) is 0 Å². The third kappa shape index (κ3) is 1.87. The van der Waals surface area contributed by atoms with Crippen LogP contribution in [0.15, 0.2) is 28.3 Å². The summed E-state index contributed by atoms with van der Waals surface area (Å²) < 4.78 is 0.863. The van der Waals surface area contributed by atoms with E-state index in [-0.39, 0.29) is 5.75 Å². The Morgan fingerprint density at radius 1 is 1.56 bits per heavy atom.